The zero-order chi connectivity index (χ0) is 22.4. The molecule has 0 aliphatic carbocycles. The Bertz CT molecular complexity index is 1120. The third-order valence-corrected chi connectivity index (χ3v) is 5.22. The van der Waals surface area contributed by atoms with Gasteiger partial charge in [-0.2, -0.15) is 0 Å². The largest absolute Gasteiger partial charge is 0.455 e. The van der Waals surface area contributed by atoms with Crippen LogP contribution in [-0.4, -0.2) is 27.1 Å². The summed E-state index contributed by atoms with van der Waals surface area (Å²) in [5.74, 6) is -0.640. The minimum Gasteiger partial charge on any atom is -0.455 e. The van der Waals surface area contributed by atoms with E-state index in [4.69, 9.17) is 4.74 Å². The minimum atomic E-state index is -0.628. The van der Waals surface area contributed by atoms with Crippen LogP contribution in [0, 0.1) is 12.8 Å². The highest BCUT2D eigenvalue weighted by Gasteiger charge is 2.15. The van der Waals surface area contributed by atoms with E-state index in [0.717, 1.165) is 22.5 Å². The first-order valence-electron chi connectivity index (χ1n) is 9.86. The van der Waals surface area contributed by atoms with Gasteiger partial charge in [0, 0.05) is 18.3 Å². The molecule has 162 valence electrons. The Balaban J connectivity index is 1.55. The van der Waals surface area contributed by atoms with Gasteiger partial charge >= 0.3 is 5.97 Å². The number of carbonyl (C=O) groups excluding carboxylic acids is 2. The lowest BCUT2D eigenvalue weighted by atomic mass is 10.1. The van der Waals surface area contributed by atoms with Crippen LogP contribution in [0.15, 0.2) is 41.2 Å². The molecule has 0 atom stereocenters. The Morgan fingerprint density at radius 1 is 1.16 bits per heavy atom. The molecule has 3 aromatic rings. The third-order valence-electron chi connectivity index (χ3n) is 4.33. The zero-order valence-electron chi connectivity index (χ0n) is 17.6. The van der Waals surface area contributed by atoms with Gasteiger partial charge in [-0.05, 0) is 30.9 Å². The predicted octanol–water partition coefficient (Wildman–Crippen LogP) is 3.02. The Morgan fingerprint density at radius 3 is 2.61 bits per heavy atom. The molecule has 3 rings (SSSR count). The number of H-pyrrole nitrogens is 1. The van der Waals surface area contributed by atoms with Crippen molar-refractivity contribution in [2.75, 3.05) is 0 Å². The van der Waals surface area contributed by atoms with E-state index in [1.54, 1.807) is 6.07 Å². The van der Waals surface area contributed by atoms with Crippen molar-refractivity contribution >= 4 is 23.2 Å². The van der Waals surface area contributed by atoms with Crippen LogP contribution in [0.2, 0.25) is 0 Å². The number of esters is 1. The monoisotopic (exact) mass is 440 g/mol. The maximum atomic E-state index is 12.3. The first-order valence-corrected chi connectivity index (χ1v) is 10.7. The van der Waals surface area contributed by atoms with Crippen molar-refractivity contribution in [3.63, 3.8) is 0 Å². The first-order chi connectivity index (χ1) is 14.8. The van der Waals surface area contributed by atoms with Gasteiger partial charge in [-0.25, -0.2) is 4.79 Å². The van der Waals surface area contributed by atoms with E-state index >= 15 is 0 Å². The molecule has 0 saturated carbocycles. The number of aromatic amines is 1. The van der Waals surface area contributed by atoms with E-state index in [9.17, 15) is 14.4 Å². The fourth-order valence-electron chi connectivity index (χ4n) is 2.85. The Morgan fingerprint density at radius 2 is 1.90 bits per heavy atom. The third kappa shape index (κ3) is 6.58. The lowest BCUT2D eigenvalue weighted by Crippen LogP contribution is -2.22. The number of nitrogens with one attached hydrogen (secondary N) is 2. The van der Waals surface area contributed by atoms with Crippen molar-refractivity contribution in [2.24, 2.45) is 5.92 Å². The Kier molecular flexibility index (Phi) is 7.30. The lowest BCUT2D eigenvalue weighted by Gasteiger charge is -2.07. The zero-order valence-corrected chi connectivity index (χ0v) is 18.4. The number of hydrogen-bond acceptors (Lipinski definition) is 7. The number of nitrogens with zero attached hydrogens (tertiary/aromatic N) is 2. The second-order valence-electron chi connectivity index (χ2n) is 7.60. The number of carbonyl (C=O) groups is 2. The normalized spacial score (nSPS) is 10.8. The molecular weight excluding hydrogens is 416 g/mol. The summed E-state index contributed by atoms with van der Waals surface area (Å²) in [5.41, 5.74) is 2.63. The van der Waals surface area contributed by atoms with E-state index in [1.165, 1.54) is 6.07 Å². The van der Waals surface area contributed by atoms with Crippen molar-refractivity contribution in [3.05, 3.63) is 79.2 Å². The molecule has 0 bridgehead atoms. The summed E-state index contributed by atoms with van der Waals surface area (Å²) in [4.78, 5) is 39.1. The van der Waals surface area contributed by atoms with Gasteiger partial charge in [-0.15, -0.1) is 10.2 Å². The van der Waals surface area contributed by atoms with Crippen LogP contribution in [0.1, 0.15) is 55.8 Å². The molecule has 0 saturated heterocycles. The minimum absolute atomic E-state index is 0.131. The number of benzene rings is 1. The summed E-state index contributed by atoms with van der Waals surface area (Å²) in [6.07, 6.45) is 0.647. The van der Waals surface area contributed by atoms with Crippen LogP contribution < -0.4 is 10.9 Å². The molecule has 0 fully saturated rings. The summed E-state index contributed by atoms with van der Waals surface area (Å²) < 4.78 is 5.25. The highest BCUT2D eigenvalue weighted by atomic mass is 32.1. The van der Waals surface area contributed by atoms with Crippen molar-refractivity contribution in [1.82, 2.24) is 20.5 Å². The van der Waals surface area contributed by atoms with Gasteiger partial charge in [0.1, 0.15) is 6.61 Å². The molecule has 0 radical (unpaired) electrons. The molecule has 2 heterocycles. The Labute approximate surface area is 183 Å². The molecule has 1 aromatic carbocycles. The highest BCUT2D eigenvalue weighted by Crippen LogP contribution is 2.13. The number of pyridine rings is 1. The summed E-state index contributed by atoms with van der Waals surface area (Å²) in [6.45, 7) is 6.29. The average molecular weight is 441 g/mol. The fraction of sp³-hybridized carbons (Fsp3) is 0.318. The van der Waals surface area contributed by atoms with E-state index in [1.807, 2.05) is 45.0 Å². The maximum absolute atomic E-state index is 12.3. The van der Waals surface area contributed by atoms with Gasteiger partial charge in [-0.3, -0.25) is 9.59 Å². The molecule has 0 aliphatic rings. The lowest BCUT2D eigenvalue weighted by molar-refractivity contribution is 0.0471. The van der Waals surface area contributed by atoms with Gasteiger partial charge in [0.15, 0.2) is 5.01 Å². The number of hydrogen-bond donors (Lipinski definition) is 2. The van der Waals surface area contributed by atoms with Gasteiger partial charge in [0.2, 0.25) is 10.6 Å². The number of aryl methyl sites for hydroxylation is 1. The van der Waals surface area contributed by atoms with Gasteiger partial charge in [-0.1, -0.05) is 55.0 Å². The SMILES string of the molecule is Cc1ccc(CNC(=O)c2nnc(COC(=O)c3cc(CC(C)C)[nH]c(=O)c3)s2)cc1. The van der Waals surface area contributed by atoms with E-state index in [0.29, 0.717) is 29.6 Å². The van der Waals surface area contributed by atoms with Crippen LogP contribution in [0.5, 0.6) is 0 Å². The van der Waals surface area contributed by atoms with Gasteiger partial charge < -0.3 is 15.0 Å². The van der Waals surface area contributed by atoms with Crippen molar-refractivity contribution < 1.29 is 14.3 Å². The summed E-state index contributed by atoms with van der Waals surface area (Å²) in [5, 5.41) is 11.1. The highest BCUT2D eigenvalue weighted by molar-refractivity contribution is 7.13. The molecule has 2 N–H and O–H groups in total. The van der Waals surface area contributed by atoms with Crippen molar-refractivity contribution in [3.8, 4) is 0 Å². The van der Waals surface area contributed by atoms with E-state index in [2.05, 4.69) is 20.5 Å². The van der Waals surface area contributed by atoms with Crippen LogP contribution in [-0.2, 0) is 24.3 Å². The fourth-order valence-corrected chi connectivity index (χ4v) is 3.52. The molecule has 31 heavy (non-hydrogen) atoms. The maximum Gasteiger partial charge on any atom is 0.338 e. The first kappa shape index (κ1) is 22.4. The van der Waals surface area contributed by atoms with Crippen LogP contribution in [0.3, 0.4) is 0 Å². The van der Waals surface area contributed by atoms with Crippen LogP contribution in [0.25, 0.3) is 0 Å². The second-order valence-corrected chi connectivity index (χ2v) is 8.66. The van der Waals surface area contributed by atoms with E-state index < -0.39 is 5.97 Å². The smallest absolute Gasteiger partial charge is 0.338 e. The number of amides is 1. The Hall–Kier alpha value is -3.33. The molecule has 1 amide bonds. The number of aromatic nitrogens is 3. The quantitative estimate of drug-likeness (QED) is 0.521. The standard InChI is InChI=1S/C22H24N4O4S/c1-13(2)8-17-9-16(10-18(27)24-17)22(29)30-12-19-25-26-21(31-19)20(28)23-11-15-6-4-14(3)5-7-15/h4-7,9-10,13H,8,11-12H2,1-3H3,(H,23,28)(H,24,27). The van der Waals surface area contributed by atoms with Crippen LogP contribution >= 0.6 is 11.3 Å². The predicted molar refractivity (Wildman–Crippen MR) is 117 cm³/mol. The average Bonchev–Trinajstić information content (AvgIpc) is 3.19. The van der Waals surface area contributed by atoms with Gasteiger partial charge in [0.25, 0.3) is 5.91 Å². The summed E-state index contributed by atoms with van der Waals surface area (Å²) in [6, 6.07) is 10.7. The second kappa shape index (κ2) is 10.1. The van der Waals surface area contributed by atoms with Crippen molar-refractivity contribution in [2.45, 2.75) is 40.3 Å². The van der Waals surface area contributed by atoms with Gasteiger partial charge in [0.05, 0.1) is 5.56 Å². The number of ether oxygens (including phenoxy) is 1. The molecule has 9 heteroatoms. The topological polar surface area (TPSA) is 114 Å². The molecule has 0 unspecified atom stereocenters. The molecular formula is C22H24N4O4S. The van der Waals surface area contributed by atoms with Crippen molar-refractivity contribution in [1.29, 1.82) is 0 Å². The number of rotatable bonds is 8. The molecule has 2 aromatic heterocycles. The molecule has 0 aliphatic heterocycles. The summed E-state index contributed by atoms with van der Waals surface area (Å²) >= 11 is 1.05. The van der Waals surface area contributed by atoms with E-state index in [-0.39, 0.29) is 28.6 Å². The molecule has 8 nitrogen and oxygen atoms in total. The summed E-state index contributed by atoms with van der Waals surface area (Å²) in [7, 11) is 0. The van der Waals surface area contributed by atoms with Crippen LogP contribution in [0.4, 0.5) is 0 Å². The molecule has 0 spiro atoms.